The molecule has 0 saturated heterocycles. The smallest absolute Gasteiger partial charge is 0.183 e. The average molecular weight is 158 g/mol. The van der Waals surface area contributed by atoms with E-state index in [4.69, 9.17) is 5.73 Å². The van der Waals surface area contributed by atoms with E-state index in [2.05, 4.69) is 5.32 Å². The van der Waals surface area contributed by atoms with Crippen LogP contribution in [0.3, 0.4) is 0 Å². The summed E-state index contributed by atoms with van der Waals surface area (Å²) in [7, 11) is 1.48. The first-order valence-electron chi connectivity index (χ1n) is 3.08. The number of hydrogen-bond donors (Lipinski definition) is 2. The van der Waals surface area contributed by atoms with E-state index in [0.29, 0.717) is 0 Å². The average Bonchev–Trinajstić information content (AvgIpc) is 1.99. The van der Waals surface area contributed by atoms with Crippen molar-refractivity contribution in [1.82, 2.24) is 0 Å². The molecule has 0 aliphatic rings. The largest absolute Gasteiger partial charge is 0.397 e. The van der Waals surface area contributed by atoms with Crippen molar-refractivity contribution < 1.29 is 8.78 Å². The molecule has 0 amide bonds. The molecular formula is C7H8F2N2. The second kappa shape index (κ2) is 2.74. The highest BCUT2D eigenvalue weighted by atomic mass is 19.2. The van der Waals surface area contributed by atoms with Gasteiger partial charge in [0.2, 0.25) is 0 Å². The highest BCUT2D eigenvalue weighted by Gasteiger charge is 2.08. The van der Waals surface area contributed by atoms with Gasteiger partial charge in [-0.3, -0.25) is 0 Å². The van der Waals surface area contributed by atoms with Crippen LogP contribution in [0.5, 0.6) is 0 Å². The van der Waals surface area contributed by atoms with Gasteiger partial charge in [0.15, 0.2) is 11.6 Å². The molecule has 0 aromatic heterocycles. The van der Waals surface area contributed by atoms with Crippen LogP contribution in [0, 0.1) is 11.6 Å². The van der Waals surface area contributed by atoms with Gasteiger partial charge < -0.3 is 11.1 Å². The summed E-state index contributed by atoms with van der Waals surface area (Å²) in [4.78, 5) is 0. The number of rotatable bonds is 1. The van der Waals surface area contributed by atoms with Crippen LogP contribution in [0.2, 0.25) is 0 Å². The lowest BCUT2D eigenvalue weighted by atomic mass is 10.2. The molecule has 1 aromatic carbocycles. The highest BCUT2D eigenvalue weighted by Crippen LogP contribution is 2.23. The van der Waals surface area contributed by atoms with E-state index in [1.165, 1.54) is 13.1 Å². The van der Waals surface area contributed by atoms with Gasteiger partial charge in [-0.05, 0) is 12.1 Å². The highest BCUT2D eigenvalue weighted by molar-refractivity contribution is 5.66. The predicted molar refractivity (Wildman–Crippen MR) is 40.3 cm³/mol. The van der Waals surface area contributed by atoms with E-state index in [9.17, 15) is 8.78 Å². The fraction of sp³-hybridized carbons (Fsp3) is 0.143. The lowest BCUT2D eigenvalue weighted by Crippen LogP contribution is -2.00. The summed E-state index contributed by atoms with van der Waals surface area (Å²) in [5.74, 6) is -1.84. The van der Waals surface area contributed by atoms with Gasteiger partial charge >= 0.3 is 0 Å². The second-order valence-electron chi connectivity index (χ2n) is 2.08. The fourth-order valence-electron chi connectivity index (χ4n) is 0.820. The lowest BCUT2D eigenvalue weighted by molar-refractivity contribution is 0.512. The number of hydrogen-bond acceptors (Lipinski definition) is 2. The summed E-state index contributed by atoms with van der Waals surface area (Å²) in [5, 5.41) is 2.46. The van der Waals surface area contributed by atoms with E-state index in [1.807, 2.05) is 0 Å². The Morgan fingerprint density at radius 3 is 2.45 bits per heavy atom. The molecule has 0 unspecified atom stereocenters. The first-order valence-corrected chi connectivity index (χ1v) is 3.08. The molecule has 0 spiro atoms. The van der Waals surface area contributed by atoms with Crippen LogP contribution in [-0.2, 0) is 0 Å². The molecule has 60 valence electrons. The molecule has 0 aliphatic heterocycles. The van der Waals surface area contributed by atoms with E-state index in [1.54, 1.807) is 0 Å². The summed E-state index contributed by atoms with van der Waals surface area (Å²) in [5.41, 5.74) is 5.54. The maximum Gasteiger partial charge on any atom is 0.183 e. The second-order valence-corrected chi connectivity index (χ2v) is 2.08. The Morgan fingerprint density at radius 1 is 1.36 bits per heavy atom. The fourth-order valence-corrected chi connectivity index (χ4v) is 0.820. The van der Waals surface area contributed by atoms with Crippen LogP contribution in [0.4, 0.5) is 20.2 Å². The monoisotopic (exact) mass is 158 g/mol. The van der Waals surface area contributed by atoms with Gasteiger partial charge in [-0.25, -0.2) is 8.78 Å². The van der Waals surface area contributed by atoms with Gasteiger partial charge in [0.25, 0.3) is 0 Å². The Bertz CT molecular complexity index is 273. The normalized spacial score (nSPS) is 9.73. The predicted octanol–water partition coefficient (Wildman–Crippen LogP) is 1.59. The Balaban J connectivity index is 3.29. The van der Waals surface area contributed by atoms with Crippen molar-refractivity contribution in [2.75, 3.05) is 18.1 Å². The zero-order valence-corrected chi connectivity index (χ0v) is 5.99. The summed E-state index contributed by atoms with van der Waals surface area (Å²) in [6.07, 6.45) is 0. The first-order chi connectivity index (χ1) is 5.16. The van der Waals surface area contributed by atoms with Crippen LogP contribution in [0.25, 0.3) is 0 Å². The number of nitrogens with one attached hydrogen (secondary N) is 1. The van der Waals surface area contributed by atoms with Gasteiger partial charge in [0.05, 0.1) is 11.4 Å². The lowest BCUT2D eigenvalue weighted by Gasteiger charge is -2.05. The van der Waals surface area contributed by atoms with E-state index in [0.717, 1.165) is 6.07 Å². The quantitative estimate of drug-likeness (QED) is 0.609. The molecule has 1 aromatic rings. The molecule has 3 N–H and O–H groups in total. The van der Waals surface area contributed by atoms with Crippen LogP contribution < -0.4 is 11.1 Å². The van der Waals surface area contributed by atoms with E-state index >= 15 is 0 Å². The zero-order chi connectivity index (χ0) is 8.43. The first kappa shape index (κ1) is 7.78. The SMILES string of the molecule is CNc1c(N)ccc(F)c1F. The van der Waals surface area contributed by atoms with Crippen LogP contribution in [0.1, 0.15) is 0 Å². The Morgan fingerprint density at radius 2 is 2.00 bits per heavy atom. The number of nitrogens with two attached hydrogens (primary N) is 1. The van der Waals surface area contributed by atoms with Gasteiger partial charge in [0.1, 0.15) is 0 Å². The zero-order valence-electron chi connectivity index (χ0n) is 5.99. The maximum absolute atomic E-state index is 12.7. The molecule has 0 fully saturated rings. The number of benzene rings is 1. The third kappa shape index (κ3) is 1.24. The Hall–Kier alpha value is -1.32. The van der Waals surface area contributed by atoms with Crippen molar-refractivity contribution >= 4 is 11.4 Å². The molecule has 2 nitrogen and oxygen atoms in total. The van der Waals surface area contributed by atoms with Crippen LogP contribution in [0.15, 0.2) is 12.1 Å². The van der Waals surface area contributed by atoms with Crippen molar-refractivity contribution in [3.63, 3.8) is 0 Å². The molecule has 0 atom stereocenters. The number of nitrogen functional groups attached to an aromatic ring is 1. The summed E-state index contributed by atoms with van der Waals surface area (Å²) in [6, 6.07) is 2.30. The molecule has 0 aliphatic carbocycles. The number of halogens is 2. The van der Waals surface area contributed by atoms with Crippen LogP contribution >= 0.6 is 0 Å². The van der Waals surface area contributed by atoms with Gasteiger partial charge in [0, 0.05) is 7.05 Å². The molecule has 11 heavy (non-hydrogen) atoms. The van der Waals surface area contributed by atoms with Crippen molar-refractivity contribution in [2.45, 2.75) is 0 Å². The molecule has 0 saturated carbocycles. The van der Waals surface area contributed by atoms with Gasteiger partial charge in [-0.2, -0.15) is 0 Å². The van der Waals surface area contributed by atoms with Crippen molar-refractivity contribution in [1.29, 1.82) is 0 Å². The molecule has 0 bridgehead atoms. The Kier molecular flexibility index (Phi) is 1.94. The summed E-state index contributed by atoms with van der Waals surface area (Å²) < 4.78 is 25.2. The van der Waals surface area contributed by atoms with Crippen molar-refractivity contribution in [3.8, 4) is 0 Å². The number of anilines is 2. The third-order valence-electron chi connectivity index (χ3n) is 1.38. The van der Waals surface area contributed by atoms with E-state index in [-0.39, 0.29) is 11.4 Å². The Labute approximate surface area is 63.0 Å². The van der Waals surface area contributed by atoms with Crippen molar-refractivity contribution in [2.24, 2.45) is 0 Å². The van der Waals surface area contributed by atoms with Gasteiger partial charge in [-0.1, -0.05) is 0 Å². The minimum atomic E-state index is -0.937. The maximum atomic E-state index is 12.7. The molecule has 0 radical (unpaired) electrons. The van der Waals surface area contributed by atoms with Crippen molar-refractivity contribution in [3.05, 3.63) is 23.8 Å². The van der Waals surface area contributed by atoms with E-state index < -0.39 is 11.6 Å². The standard InChI is InChI=1S/C7H8F2N2/c1-11-7-5(10)3-2-4(8)6(7)9/h2-3,11H,10H2,1H3. The summed E-state index contributed by atoms with van der Waals surface area (Å²) >= 11 is 0. The molecule has 0 heterocycles. The molecule has 4 heteroatoms. The minimum Gasteiger partial charge on any atom is -0.397 e. The summed E-state index contributed by atoms with van der Waals surface area (Å²) in [6.45, 7) is 0. The topological polar surface area (TPSA) is 38.0 Å². The van der Waals surface area contributed by atoms with Crippen LogP contribution in [-0.4, -0.2) is 7.05 Å². The third-order valence-corrected chi connectivity index (χ3v) is 1.38. The van der Waals surface area contributed by atoms with Gasteiger partial charge in [-0.15, -0.1) is 0 Å². The minimum absolute atomic E-state index is 0.00463. The molecule has 1 rings (SSSR count). The molecular weight excluding hydrogens is 150 g/mol.